The fourth-order valence-electron chi connectivity index (χ4n) is 2.80. The summed E-state index contributed by atoms with van der Waals surface area (Å²) < 4.78 is 15.0. The summed E-state index contributed by atoms with van der Waals surface area (Å²) in [6.07, 6.45) is 2.11. The highest BCUT2D eigenvalue weighted by Crippen LogP contribution is 2.34. The van der Waals surface area contributed by atoms with Crippen LogP contribution >= 0.6 is 15.9 Å². The van der Waals surface area contributed by atoms with Crippen LogP contribution in [0.5, 0.6) is 0 Å². The molecule has 1 fully saturated rings. The van der Waals surface area contributed by atoms with Crippen LogP contribution in [0.3, 0.4) is 0 Å². The largest absolute Gasteiger partial charge is 0.362 e. The molecule has 0 bridgehead atoms. The maximum atomic E-state index is 14.2. The number of anilines is 1. The smallest absolute Gasteiger partial charge is 0.147 e. The minimum absolute atomic E-state index is 0.0915. The Bertz CT molecular complexity index is 426. The SMILES string of the molecule is CCC1(CC)CN(c2c(F)cccc2Br)C(C)CN1. The van der Waals surface area contributed by atoms with Crippen LogP contribution < -0.4 is 10.2 Å². The van der Waals surface area contributed by atoms with E-state index in [2.05, 4.69) is 46.9 Å². The Balaban J connectivity index is 2.36. The molecule has 1 heterocycles. The van der Waals surface area contributed by atoms with Crippen molar-refractivity contribution in [2.75, 3.05) is 18.0 Å². The molecule has 0 aromatic heterocycles. The van der Waals surface area contributed by atoms with Gasteiger partial charge >= 0.3 is 0 Å². The number of hydrogen-bond donors (Lipinski definition) is 1. The molecule has 0 spiro atoms. The molecule has 1 N–H and O–H groups in total. The summed E-state index contributed by atoms with van der Waals surface area (Å²) in [6, 6.07) is 5.48. The number of hydrogen-bond acceptors (Lipinski definition) is 2. The van der Waals surface area contributed by atoms with E-state index in [1.165, 1.54) is 6.07 Å². The van der Waals surface area contributed by atoms with Gasteiger partial charge in [-0.15, -0.1) is 0 Å². The lowest BCUT2D eigenvalue weighted by atomic mass is 9.88. The predicted molar refractivity (Wildman–Crippen MR) is 82.2 cm³/mol. The highest BCUT2D eigenvalue weighted by molar-refractivity contribution is 9.10. The lowest BCUT2D eigenvalue weighted by Gasteiger charge is -2.48. The van der Waals surface area contributed by atoms with Gasteiger partial charge in [-0.05, 0) is 47.8 Å². The molecule has 1 aliphatic heterocycles. The normalized spacial score (nSPS) is 22.6. The first-order valence-electron chi connectivity index (χ1n) is 6.98. The third kappa shape index (κ3) is 2.79. The van der Waals surface area contributed by atoms with Gasteiger partial charge in [0.05, 0.1) is 5.69 Å². The fraction of sp³-hybridized carbons (Fsp3) is 0.600. The predicted octanol–water partition coefficient (Wildman–Crippen LogP) is 3.95. The molecule has 2 rings (SSSR count). The summed E-state index contributed by atoms with van der Waals surface area (Å²) in [4.78, 5) is 2.20. The van der Waals surface area contributed by atoms with Crippen LogP contribution in [0.1, 0.15) is 33.6 Å². The molecule has 106 valence electrons. The van der Waals surface area contributed by atoms with Crippen molar-refractivity contribution >= 4 is 21.6 Å². The lowest BCUT2D eigenvalue weighted by molar-refractivity contribution is 0.252. The van der Waals surface area contributed by atoms with Gasteiger partial charge < -0.3 is 10.2 Å². The second kappa shape index (κ2) is 5.80. The van der Waals surface area contributed by atoms with Gasteiger partial charge in [-0.25, -0.2) is 4.39 Å². The van der Waals surface area contributed by atoms with Gasteiger partial charge in [0.2, 0.25) is 0 Å². The zero-order chi connectivity index (χ0) is 14.0. The van der Waals surface area contributed by atoms with Crippen molar-refractivity contribution in [3.63, 3.8) is 0 Å². The zero-order valence-electron chi connectivity index (χ0n) is 11.8. The van der Waals surface area contributed by atoms with E-state index in [0.29, 0.717) is 11.7 Å². The molecule has 19 heavy (non-hydrogen) atoms. The van der Waals surface area contributed by atoms with E-state index in [0.717, 1.165) is 30.4 Å². The maximum Gasteiger partial charge on any atom is 0.147 e. The first-order chi connectivity index (χ1) is 9.03. The van der Waals surface area contributed by atoms with Crippen LogP contribution in [-0.2, 0) is 0 Å². The quantitative estimate of drug-likeness (QED) is 0.903. The van der Waals surface area contributed by atoms with E-state index in [1.807, 2.05) is 6.07 Å². The Hall–Kier alpha value is -0.610. The van der Waals surface area contributed by atoms with Crippen molar-refractivity contribution in [3.8, 4) is 0 Å². The zero-order valence-corrected chi connectivity index (χ0v) is 13.4. The highest BCUT2D eigenvalue weighted by Gasteiger charge is 2.36. The third-order valence-corrected chi connectivity index (χ3v) is 5.00. The van der Waals surface area contributed by atoms with Crippen LogP contribution in [0.2, 0.25) is 0 Å². The Labute approximate surface area is 123 Å². The molecule has 1 saturated heterocycles. The van der Waals surface area contributed by atoms with Crippen molar-refractivity contribution in [2.45, 2.75) is 45.2 Å². The van der Waals surface area contributed by atoms with Crippen molar-refractivity contribution in [2.24, 2.45) is 0 Å². The van der Waals surface area contributed by atoms with Gasteiger partial charge in [-0.2, -0.15) is 0 Å². The molecule has 1 aromatic rings. The van der Waals surface area contributed by atoms with Gasteiger partial charge in [-0.3, -0.25) is 0 Å². The Morgan fingerprint density at radius 2 is 2.11 bits per heavy atom. The summed E-state index contributed by atoms with van der Waals surface area (Å²) in [5.41, 5.74) is 0.789. The van der Waals surface area contributed by atoms with Crippen LogP contribution in [0.25, 0.3) is 0 Å². The first kappa shape index (κ1) is 14.8. The van der Waals surface area contributed by atoms with E-state index in [4.69, 9.17) is 0 Å². The van der Waals surface area contributed by atoms with Crippen molar-refractivity contribution in [1.82, 2.24) is 5.32 Å². The molecule has 1 unspecified atom stereocenters. The van der Waals surface area contributed by atoms with Gasteiger partial charge in [0.15, 0.2) is 0 Å². The van der Waals surface area contributed by atoms with E-state index in [1.54, 1.807) is 6.07 Å². The summed E-state index contributed by atoms with van der Waals surface area (Å²) in [5.74, 6) is -0.149. The van der Waals surface area contributed by atoms with Gasteiger partial charge in [-0.1, -0.05) is 19.9 Å². The van der Waals surface area contributed by atoms with Gasteiger partial charge in [0.25, 0.3) is 0 Å². The first-order valence-corrected chi connectivity index (χ1v) is 7.78. The van der Waals surface area contributed by atoms with E-state index in [-0.39, 0.29) is 11.4 Å². The highest BCUT2D eigenvalue weighted by atomic mass is 79.9. The van der Waals surface area contributed by atoms with E-state index < -0.39 is 0 Å². The molecular weight excluding hydrogens is 307 g/mol. The molecule has 0 saturated carbocycles. The molecule has 0 amide bonds. The topological polar surface area (TPSA) is 15.3 Å². The second-order valence-electron chi connectivity index (χ2n) is 5.42. The second-order valence-corrected chi connectivity index (χ2v) is 6.27. The molecule has 2 nitrogen and oxygen atoms in total. The molecule has 1 aromatic carbocycles. The summed E-state index contributed by atoms with van der Waals surface area (Å²) in [7, 11) is 0. The van der Waals surface area contributed by atoms with Crippen molar-refractivity contribution in [3.05, 3.63) is 28.5 Å². The minimum Gasteiger partial charge on any atom is -0.362 e. The number of nitrogens with one attached hydrogen (secondary N) is 1. The van der Waals surface area contributed by atoms with E-state index in [9.17, 15) is 4.39 Å². The van der Waals surface area contributed by atoms with Crippen LogP contribution in [-0.4, -0.2) is 24.7 Å². The summed E-state index contributed by atoms with van der Waals surface area (Å²) in [5, 5.41) is 3.64. The average molecular weight is 329 g/mol. The third-order valence-electron chi connectivity index (χ3n) is 4.36. The van der Waals surface area contributed by atoms with Crippen molar-refractivity contribution < 1.29 is 4.39 Å². The standard InChI is InChI=1S/C15H22BrFN2/c1-4-15(5-2)10-19(11(3)9-18-15)14-12(16)7-6-8-13(14)17/h6-8,11,18H,4-5,9-10H2,1-3H3. The van der Waals surface area contributed by atoms with E-state index >= 15 is 0 Å². The summed E-state index contributed by atoms with van der Waals surface area (Å²) >= 11 is 3.49. The minimum atomic E-state index is -0.149. The van der Waals surface area contributed by atoms with Crippen molar-refractivity contribution in [1.29, 1.82) is 0 Å². The van der Waals surface area contributed by atoms with Crippen LogP contribution in [0.15, 0.2) is 22.7 Å². The number of benzene rings is 1. The fourth-order valence-corrected chi connectivity index (χ4v) is 3.37. The monoisotopic (exact) mass is 328 g/mol. The molecular formula is C15H22BrFN2. The van der Waals surface area contributed by atoms with Gasteiger partial charge in [0.1, 0.15) is 5.82 Å². The number of halogens is 2. The lowest BCUT2D eigenvalue weighted by Crippen LogP contribution is -2.63. The number of piperazine rings is 1. The van der Waals surface area contributed by atoms with Crippen LogP contribution in [0.4, 0.5) is 10.1 Å². The Morgan fingerprint density at radius 1 is 1.42 bits per heavy atom. The molecule has 4 heteroatoms. The molecule has 1 aliphatic rings. The molecule has 0 aliphatic carbocycles. The number of rotatable bonds is 3. The Morgan fingerprint density at radius 3 is 2.68 bits per heavy atom. The molecule has 0 radical (unpaired) electrons. The van der Waals surface area contributed by atoms with Crippen LogP contribution in [0, 0.1) is 5.82 Å². The maximum absolute atomic E-state index is 14.2. The average Bonchev–Trinajstić information content (AvgIpc) is 2.41. The Kier molecular flexibility index (Phi) is 4.51. The number of para-hydroxylation sites is 1. The van der Waals surface area contributed by atoms with Gasteiger partial charge in [0, 0.05) is 29.1 Å². The molecule has 1 atom stereocenters. The number of nitrogens with zero attached hydrogens (tertiary/aromatic N) is 1. The summed E-state index contributed by atoms with van der Waals surface area (Å²) in [6.45, 7) is 8.27.